The predicted octanol–water partition coefficient (Wildman–Crippen LogP) is 0.809. The lowest BCUT2D eigenvalue weighted by Gasteiger charge is -2.18. The SMILES string of the molecule is CC1=C(c2ccccc2)C(=O)NS(=O)(=O)O1. The third-order valence-electron chi connectivity index (χ3n) is 2.09. The minimum atomic E-state index is -3.98. The van der Waals surface area contributed by atoms with Crippen molar-refractivity contribution in [2.24, 2.45) is 0 Å². The quantitative estimate of drug-likeness (QED) is 0.787. The number of hydrogen-bond acceptors (Lipinski definition) is 4. The smallest absolute Gasteiger partial charge is 0.371 e. The van der Waals surface area contributed by atoms with E-state index in [1.807, 2.05) is 0 Å². The second-order valence-corrected chi connectivity index (χ2v) is 4.54. The van der Waals surface area contributed by atoms with Gasteiger partial charge in [-0.05, 0) is 12.5 Å². The van der Waals surface area contributed by atoms with Gasteiger partial charge in [-0.15, -0.1) is 0 Å². The summed E-state index contributed by atoms with van der Waals surface area (Å²) in [7, 11) is -3.98. The molecule has 0 fully saturated rings. The van der Waals surface area contributed by atoms with E-state index >= 15 is 0 Å². The van der Waals surface area contributed by atoms with E-state index < -0.39 is 16.2 Å². The van der Waals surface area contributed by atoms with E-state index in [9.17, 15) is 13.2 Å². The molecule has 1 aromatic carbocycles. The van der Waals surface area contributed by atoms with Crippen LogP contribution in [0.2, 0.25) is 0 Å². The number of hydrogen-bond donors (Lipinski definition) is 1. The highest BCUT2D eigenvalue weighted by atomic mass is 32.2. The van der Waals surface area contributed by atoms with E-state index in [2.05, 4.69) is 4.18 Å². The average Bonchev–Trinajstić information content (AvgIpc) is 2.16. The van der Waals surface area contributed by atoms with Crippen molar-refractivity contribution in [2.45, 2.75) is 6.92 Å². The molecule has 0 spiro atoms. The van der Waals surface area contributed by atoms with Gasteiger partial charge in [0, 0.05) is 0 Å². The van der Waals surface area contributed by atoms with Crippen molar-refractivity contribution in [3.05, 3.63) is 41.7 Å². The van der Waals surface area contributed by atoms with Gasteiger partial charge in [-0.25, -0.2) is 4.72 Å². The lowest BCUT2D eigenvalue weighted by atomic mass is 10.0. The molecule has 0 bridgehead atoms. The summed E-state index contributed by atoms with van der Waals surface area (Å²) in [5.41, 5.74) is 0.850. The largest absolute Gasteiger partial charge is 0.409 e. The highest BCUT2D eigenvalue weighted by Gasteiger charge is 2.29. The normalized spacial score (nSPS) is 18.9. The molecule has 84 valence electrons. The van der Waals surface area contributed by atoms with Crippen molar-refractivity contribution in [2.75, 3.05) is 0 Å². The first-order valence-electron chi connectivity index (χ1n) is 4.52. The number of rotatable bonds is 1. The summed E-state index contributed by atoms with van der Waals surface area (Å²) in [5, 5.41) is 0. The number of carbonyl (C=O) groups excluding carboxylic acids is 1. The first-order valence-corrected chi connectivity index (χ1v) is 5.93. The molecule has 0 atom stereocenters. The molecular weight excluding hydrogens is 230 g/mol. The molecule has 2 rings (SSSR count). The van der Waals surface area contributed by atoms with Gasteiger partial charge >= 0.3 is 10.3 Å². The summed E-state index contributed by atoms with van der Waals surface area (Å²) in [6.07, 6.45) is 0. The van der Waals surface area contributed by atoms with Gasteiger partial charge in [0.05, 0.1) is 5.57 Å². The van der Waals surface area contributed by atoms with Crippen LogP contribution in [0.4, 0.5) is 0 Å². The molecule has 1 aliphatic rings. The molecule has 0 aliphatic carbocycles. The molecule has 0 saturated heterocycles. The van der Waals surface area contributed by atoms with Crippen molar-refractivity contribution in [3.63, 3.8) is 0 Å². The molecular formula is C10H9NO4S. The molecule has 1 aliphatic heterocycles. The third kappa shape index (κ3) is 1.92. The molecule has 1 amide bonds. The second kappa shape index (κ2) is 3.64. The number of allylic oxidation sites excluding steroid dienone is 1. The lowest BCUT2D eigenvalue weighted by molar-refractivity contribution is -0.114. The zero-order valence-electron chi connectivity index (χ0n) is 8.43. The summed E-state index contributed by atoms with van der Waals surface area (Å²) in [6.45, 7) is 1.44. The molecule has 1 N–H and O–H groups in total. The minimum absolute atomic E-state index is 0.0787. The van der Waals surface area contributed by atoms with E-state index in [-0.39, 0.29) is 11.3 Å². The predicted molar refractivity (Wildman–Crippen MR) is 57.2 cm³/mol. The van der Waals surface area contributed by atoms with Gasteiger partial charge in [0.25, 0.3) is 5.91 Å². The fraction of sp³-hybridized carbons (Fsp3) is 0.100. The van der Waals surface area contributed by atoms with Crippen LogP contribution >= 0.6 is 0 Å². The van der Waals surface area contributed by atoms with Gasteiger partial charge in [0.15, 0.2) is 0 Å². The van der Waals surface area contributed by atoms with Gasteiger partial charge in [0.2, 0.25) is 0 Å². The topological polar surface area (TPSA) is 72.5 Å². The molecule has 1 heterocycles. The summed E-state index contributed by atoms with van der Waals surface area (Å²) in [5.74, 6) is -0.593. The fourth-order valence-corrected chi connectivity index (χ4v) is 2.27. The Kier molecular flexibility index (Phi) is 2.43. The van der Waals surface area contributed by atoms with Crippen molar-refractivity contribution >= 4 is 21.8 Å². The number of benzene rings is 1. The molecule has 0 radical (unpaired) electrons. The van der Waals surface area contributed by atoms with Crippen molar-refractivity contribution in [3.8, 4) is 0 Å². The Bertz CT molecular complexity index is 560. The average molecular weight is 239 g/mol. The van der Waals surface area contributed by atoms with Crippen LogP contribution in [0.1, 0.15) is 12.5 Å². The van der Waals surface area contributed by atoms with Gasteiger partial charge in [0.1, 0.15) is 5.76 Å². The van der Waals surface area contributed by atoms with E-state index in [4.69, 9.17) is 0 Å². The zero-order chi connectivity index (χ0) is 11.8. The molecule has 0 aromatic heterocycles. The number of carbonyl (C=O) groups is 1. The highest BCUT2D eigenvalue weighted by Crippen LogP contribution is 2.24. The van der Waals surface area contributed by atoms with Crippen molar-refractivity contribution < 1.29 is 17.4 Å². The summed E-state index contributed by atoms with van der Waals surface area (Å²) in [6, 6.07) is 8.73. The van der Waals surface area contributed by atoms with Crippen LogP contribution in [0.3, 0.4) is 0 Å². The van der Waals surface area contributed by atoms with Gasteiger partial charge in [-0.3, -0.25) is 4.79 Å². The van der Waals surface area contributed by atoms with Crippen LogP contribution in [0.25, 0.3) is 5.57 Å². The fourth-order valence-electron chi connectivity index (χ4n) is 1.49. The third-order valence-corrected chi connectivity index (χ3v) is 3.00. The van der Waals surface area contributed by atoms with Gasteiger partial charge in [-0.1, -0.05) is 30.3 Å². The Morgan fingerprint density at radius 3 is 2.38 bits per heavy atom. The van der Waals surface area contributed by atoms with Gasteiger partial charge in [-0.2, -0.15) is 8.42 Å². The Morgan fingerprint density at radius 1 is 1.19 bits per heavy atom. The zero-order valence-corrected chi connectivity index (χ0v) is 9.24. The second-order valence-electron chi connectivity index (χ2n) is 3.27. The first kappa shape index (κ1) is 10.7. The molecule has 0 unspecified atom stereocenters. The Labute approximate surface area is 93.0 Å². The van der Waals surface area contributed by atoms with Gasteiger partial charge < -0.3 is 4.18 Å². The minimum Gasteiger partial charge on any atom is -0.371 e. The Balaban J connectivity index is 2.53. The maximum absolute atomic E-state index is 11.6. The molecule has 16 heavy (non-hydrogen) atoms. The van der Waals surface area contributed by atoms with Crippen LogP contribution in [-0.4, -0.2) is 14.3 Å². The van der Waals surface area contributed by atoms with E-state index in [0.717, 1.165) is 0 Å². The standard InChI is InChI=1S/C10H9NO4S/c1-7-9(8-5-3-2-4-6-8)10(12)11-16(13,14)15-7/h2-6H,1H3,(H,11,12). The van der Waals surface area contributed by atoms with E-state index in [1.165, 1.54) is 6.92 Å². The highest BCUT2D eigenvalue weighted by molar-refractivity contribution is 7.85. The van der Waals surface area contributed by atoms with Crippen LogP contribution in [0, 0.1) is 0 Å². The summed E-state index contributed by atoms with van der Waals surface area (Å²) < 4.78 is 28.5. The van der Waals surface area contributed by atoms with Crippen molar-refractivity contribution in [1.82, 2.24) is 4.72 Å². The maximum Gasteiger partial charge on any atom is 0.409 e. The molecule has 6 heteroatoms. The Hall–Kier alpha value is -1.82. The molecule has 5 nitrogen and oxygen atoms in total. The first-order chi connectivity index (χ1) is 7.49. The molecule has 1 aromatic rings. The van der Waals surface area contributed by atoms with Crippen molar-refractivity contribution in [1.29, 1.82) is 0 Å². The van der Waals surface area contributed by atoms with Crippen LogP contribution in [0.5, 0.6) is 0 Å². The molecule has 0 saturated carbocycles. The summed E-state index contributed by atoms with van der Waals surface area (Å²) in [4.78, 5) is 11.6. The monoisotopic (exact) mass is 239 g/mol. The summed E-state index contributed by atoms with van der Waals surface area (Å²) >= 11 is 0. The van der Waals surface area contributed by atoms with Crippen LogP contribution in [0.15, 0.2) is 36.1 Å². The number of amides is 1. The lowest BCUT2D eigenvalue weighted by Crippen LogP contribution is -2.37. The maximum atomic E-state index is 11.6. The van der Waals surface area contributed by atoms with Crippen LogP contribution < -0.4 is 4.72 Å². The Morgan fingerprint density at radius 2 is 1.81 bits per heavy atom. The van der Waals surface area contributed by atoms with Crippen LogP contribution in [-0.2, 0) is 19.3 Å². The van der Waals surface area contributed by atoms with E-state index in [1.54, 1.807) is 35.1 Å². The number of nitrogens with one attached hydrogen (secondary N) is 1. The van der Waals surface area contributed by atoms with E-state index in [0.29, 0.717) is 5.56 Å².